The highest BCUT2D eigenvalue weighted by molar-refractivity contribution is 6.30. The molecule has 0 bridgehead atoms. The normalized spacial score (nSPS) is 13.1. The fraction of sp³-hybridized carbons (Fsp3) is 0.381. The van der Waals surface area contributed by atoms with E-state index in [0.29, 0.717) is 23.9 Å². The first kappa shape index (κ1) is 21.1. The van der Waals surface area contributed by atoms with Crippen LogP contribution in [0.15, 0.2) is 48.5 Å². The van der Waals surface area contributed by atoms with Crippen molar-refractivity contribution in [3.05, 3.63) is 59.1 Å². The minimum absolute atomic E-state index is 0.189. The van der Waals surface area contributed by atoms with Crippen molar-refractivity contribution >= 4 is 17.6 Å². The smallest absolute Gasteiger partial charge is 0.347 e. The standard InChI is InChI=1S/C21H26ClNO4/c1-15(13-23(3)4)26-21(24)16(2)27-20-9-5-17(6-10-20)14-25-19-11-7-18(22)8-12-19/h5-12,15-16H,13-14H2,1-4H3. The van der Waals surface area contributed by atoms with Gasteiger partial charge in [0.15, 0.2) is 6.10 Å². The Balaban J connectivity index is 1.81. The molecule has 5 nitrogen and oxygen atoms in total. The van der Waals surface area contributed by atoms with Crippen LogP contribution in [0.1, 0.15) is 19.4 Å². The summed E-state index contributed by atoms with van der Waals surface area (Å²) in [5, 5.41) is 0.674. The van der Waals surface area contributed by atoms with Gasteiger partial charge in [-0.2, -0.15) is 0 Å². The van der Waals surface area contributed by atoms with Crippen molar-refractivity contribution in [2.45, 2.75) is 32.7 Å². The van der Waals surface area contributed by atoms with Gasteiger partial charge in [-0.1, -0.05) is 23.7 Å². The Morgan fingerprint density at radius 1 is 1.00 bits per heavy atom. The Hall–Kier alpha value is -2.24. The highest BCUT2D eigenvalue weighted by Gasteiger charge is 2.19. The number of rotatable bonds is 9. The van der Waals surface area contributed by atoms with Gasteiger partial charge in [0.2, 0.25) is 0 Å². The lowest BCUT2D eigenvalue weighted by atomic mass is 10.2. The van der Waals surface area contributed by atoms with Gasteiger partial charge in [0.05, 0.1) is 0 Å². The molecular formula is C21H26ClNO4. The predicted octanol–water partition coefficient (Wildman–Crippen LogP) is 4.18. The Labute approximate surface area is 165 Å². The van der Waals surface area contributed by atoms with Crippen LogP contribution in [0.4, 0.5) is 0 Å². The molecular weight excluding hydrogens is 366 g/mol. The van der Waals surface area contributed by atoms with Crippen LogP contribution in [0.25, 0.3) is 0 Å². The summed E-state index contributed by atoms with van der Waals surface area (Å²) in [6.07, 6.45) is -0.864. The lowest BCUT2D eigenvalue weighted by Gasteiger charge is -2.20. The number of likely N-dealkylation sites (N-methyl/N-ethyl adjacent to an activating group) is 1. The molecule has 0 radical (unpaired) electrons. The molecule has 2 atom stereocenters. The molecule has 0 saturated carbocycles. The lowest BCUT2D eigenvalue weighted by Crippen LogP contribution is -2.33. The average Bonchev–Trinajstić information content (AvgIpc) is 2.61. The highest BCUT2D eigenvalue weighted by Crippen LogP contribution is 2.19. The molecule has 0 amide bonds. The lowest BCUT2D eigenvalue weighted by molar-refractivity contribution is -0.156. The Kier molecular flexibility index (Phi) is 7.95. The van der Waals surface area contributed by atoms with Crippen molar-refractivity contribution in [2.75, 3.05) is 20.6 Å². The van der Waals surface area contributed by atoms with Crippen molar-refractivity contribution < 1.29 is 19.0 Å². The number of ether oxygens (including phenoxy) is 3. The van der Waals surface area contributed by atoms with Gasteiger partial charge < -0.3 is 19.1 Å². The fourth-order valence-electron chi connectivity index (χ4n) is 2.46. The van der Waals surface area contributed by atoms with E-state index in [9.17, 15) is 4.79 Å². The van der Waals surface area contributed by atoms with Gasteiger partial charge in [0.1, 0.15) is 24.2 Å². The summed E-state index contributed by atoms with van der Waals surface area (Å²) in [7, 11) is 3.87. The van der Waals surface area contributed by atoms with Crippen molar-refractivity contribution in [3.63, 3.8) is 0 Å². The Bertz CT molecular complexity index is 716. The van der Waals surface area contributed by atoms with Crippen LogP contribution in [0.3, 0.4) is 0 Å². The summed E-state index contributed by atoms with van der Waals surface area (Å²) in [6.45, 7) is 4.64. The molecule has 0 fully saturated rings. The molecule has 2 aromatic carbocycles. The molecule has 0 aliphatic rings. The van der Waals surface area contributed by atoms with Gasteiger partial charge in [-0.05, 0) is 69.9 Å². The summed E-state index contributed by atoms with van der Waals surface area (Å²) < 4.78 is 16.8. The van der Waals surface area contributed by atoms with E-state index in [0.717, 1.165) is 11.3 Å². The van der Waals surface area contributed by atoms with E-state index in [1.54, 1.807) is 19.1 Å². The third-order valence-electron chi connectivity index (χ3n) is 3.73. The molecule has 0 spiro atoms. The summed E-state index contributed by atoms with van der Waals surface area (Å²) in [5.74, 6) is 0.984. The third-order valence-corrected chi connectivity index (χ3v) is 3.98. The zero-order chi connectivity index (χ0) is 19.8. The molecule has 27 heavy (non-hydrogen) atoms. The van der Waals surface area contributed by atoms with E-state index in [2.05, 4.69) is 0 Å². The number of nitrogens with zero attached hydrogens (tertiary/aromatic N) is 1. The van der Waals surface area contributed by atoms with Crippen molar-refractivity contribution in [3.8, 4) is 11.5 Å². The maximum Gasteiger partial charge on any atom is 0.347 e. The average molecular weight is 392 g/mol. The fourth-order valence-corrected chi connectivity index (χ4v) is 2.59. The number of esters is 1. The first-order chi connectivity index (χ1) is 12.8. The minimum atomic E-state index is -0.675. The zero-order valence-corrected chi connectivity index (χ0v) is 16.9. The predicted molar refractivity (Wildman–Crippen MR) is 106 cm³/mol. The largest absolute Gasteiger partial charge is 0.489 e. The number of hydrogen-bond donors (Lipinski definition) is 0. The second-order valence-electron chi connectivity index (χ2n) is 6.66. The molecule has 0 aliphatic heterocycles. The van der Waals surface area contributed by atoms with Crippen LogP contribution in [0, 0.1) is 0 Å². The van der Waals surface area contributed by atoms with Crippen molar-refractivity contribution in [1.82, 2.24) is 4.90 Å². The SMILES string of the molecule is CC(CN(C)C)OC(=O)C(C)Oc1ccc(COc2ccc(Cl)cc2)cc1. The Morgan fingerprint density at radius 3 is 2.19 bits per heavy atom. The third kappa shape index (κ3) is 7.49. The van der Waals surface area contributed by atoms with Crippen molar-refractivity contribution in [1.29, 1.82) is 0 Å². The van der Waals surface area contributed by atoms with E-state index in [4.69, 9.17) is 25.8 Å². The molecule has 0 heterocycles. The molecule has 0 aliphatic carbocycles. The first-order valence-electron chi connectivity index (χ1n) is 8.82. The maximum atomic E-state index is 12.1. The van der Waals surface area contributed by atoms with E-state index in [-0.39, 0.29) is 12.1 Å². The van der Waals surface area contributed by atoms with Crippen LogP contribution in [0.2, 0.25) is 5.02 Å². The van der Waals surface area contributed by atoms with Crippen LogP contribution >= 0.6 is 11.6 Å². The van der Waals surface area contributed by atoms with Gasteiger partial charge in [-0.3, -0.25) is 0 Å². The van der Waals surface area contributed by atoms with Crippen LogP contribution < -0.4 is 9.47 Å². The summed E-state index contributed by atoms with van der Waals surface area (Å²) in [5.41, 5.74) is 0.993. The molecule has 146 valence electrons. The van der Waals surface area contributed by atoms with E-state index >= 15 is 0 Å². The Morgan fingerprint density at radius 2 is 1.59 bits per heavy atom. The summed E-state index contributed by atoms with van der Waals surface area (Å²) in [6, 6.07) is 14.6. The maximum absolute atomic E-state index is 12.1. The van der Waals surface area contributed by atoms with Gasteiger partial charge in [0, 0.05) is 11.6 Å². The van der Waals surface area contributed by atoms with E-state index < -0.39 is 6.10 Å². The van der Waals surface area contributed by atoms with Gasteiger partial charge in [0.25, 0.3) is 0 Å². The summed E-state index contributed by atoms with van der Waals surface area (Å²) in [4.78, 5) is 14.1. The van der Waals surface area contributed by atoms with E-state index in [1.165, 1.54) is 0 Å². The second-order valence-corrected chi connectivity index (χ2v) is 7.09. The molecule has 0 saturated heterocycles. The molecule has 2 rings (SSSR count). The molecule has 0 N–H and O–H groups in total. The van der Waals surface area contributed by atoms with E-state index in [1.807, 2.05) is 62.3 Å². The number of halogens is 1. The van der Waals surface area contributed by atoms with Gasteiger partial charge in [-0.25, -0.2) is 4.79 Å². The highest BCUT2D eigenvalue weighted by atomic mass is 35.5. The minimum Gasteiger partial charge on any atom is -0.489 e. The molecule has 2 aromatic rings. The number of carbonyl (C=O) groups excluding carboxylic acids is 1. The van der Waals surface area contributed by atoms with Crippen LogP contribution in [0.5, 0.6) is 11.5 Å². The second kappa shape index (κ2) is 10.2. The van der Waals surface area contributed by atoms with Crippen LogP contribution in [-0.4, -0.2) is 43.7 Å². The van der Waals surface area contributed by atoms with Gasteiger partial charge in [-0.15, -0.1) is 0 Å². The zero-order valence-electron chi connectivity index (χ0n) is 16.1. The quantitative estimate of drug-likeness (QED) is 0.600. The monoisotopic (exact) mass is 391 g/mol. The number of hydrogen-bond acceptors (Lipinski definition) is 5. The van der Waals surface area contributed by atoms with Crippen molar-refractivity contribution in [2.24, 2.45) is 0 Å². The number of carbonyl (C=O) groups is 1. The molecule has 0 aromatic heterocycles. The molecule has 6 heteroatoms. The first-order valence-corrected chi connectivity index (χ1v) is 9.20. The molecule has 2 unspecified atom stereocenters. The number of benzene rings is 2. The van der Waals surface area contributed by atoms with Gasteiger partial charge >= 0.3 is 5.97 Å². The van der Waals surface area contributed by atoms with Crippen LogP contribution in [-0.2, 0) is 16.1 Å². The topological polar surface area (TPSA) is 48.0 Å². The summed E-state index contributed by atoms with van der Waals surface area (Å²) >= 11 is 5.86.